The van der Waals surface area contributed by atoms with Crippen molar-refractivity contribution in [2.45, 2.75) is 18.5 Å². The largest absolute Gasteiger partial charge is 0.484 e. The van der Waals surface area contributed by atoms with Gasteiger partial charge in [-0.15, -0.1) is 0 Å². The second-order valence-corrected chi connectivity index (χ2v) is 5.86. The van der Waals surface area contributed by atoms with Gasteiger partial charge >= 0.3 is 6.09 Å². The Morgan fingerprint density at radius 2 is 2.27 bits per heavy atom. The van der Waals surface area contributed by atoms with E-state index in [1.165, 1.54) is 19.3 Å². The van der Waals surface area contributed by atoms with E-state index in [-0.39, 0.29) is 31.1 Å². The molecule has 1 aromatic heterocycles. The number of carbonyl (C=O) groups excluding carboxylic acids is 1. The molecule has 138 valence electrons. The highest BCUT2D eigenvalue weighted by molar-refractivity contribution is 5.94. The van der Waals surface area contributed by atoms with Gasteiger partial charge in [-0.2, -0.15) is 0 Å². The molecule has 3 N–H and O–H groups in total. The Balaban J connectivity index is 1.77. The van der Waals surface area contributed by atoms with Gasteiger partial charge in [-0.1, -0.05) is 0 Å². The van der Waals surface area contributed by atoms with Crippen LogP contribution < -0.4 is 15.4 Å². The Kier molecular flexibility index (Phi) is 5.06. The summed E-state index contributed by atoms with van der Waals surface area (Å²) in [6, 6.07) is 3.41. The number of methoxy groups -OCH3 is 1. The summed E-state index contributed by atoms with van der Waals surface area (Å²) in [7, 11) is 1.47. The van der Waals surface area contributed by atoms with Crippen molar-refractivity contribution in [1.82, 2.24) is 10.3 Å². The predicted molar refractivity (Wildman–Crippen MR) is 89.8 cm³/mol. The maximum absolute atomic E-state index is 14.5. The highest BCUT2D eigenvalue weighted by atomic mass is 19.1. The molecule has 3 rings (SSSR count). The van der Waals surface area contributed by atoms with Gasteiger partial charge in [-0.05, 0) is 18.2 Å². The van der Waals surface area contributed by atoms with Crippen molar-refractivity contribution >= 4 is 17.6 Å². The molecule has 0 aromatic carbocycles. The van der Waals surface area contributed by atoms with Crippen LogP contribution in [-0.4, -0.2) is 48.4 Å². The van der Waals surface area contributed by atoms with Crippen molar-refractivity contribution in [2.75, 3.05) is 25.6 Å². The summed E-state index contributed by atoms with van der Waals surface area (Å²) in [5.41, 5.74) is 1.43. The van der Waals surface area contributed by atoms with Crippen LogP contribution in [0.2, 0.25) is 0 Å². The lowest BCUT2D eigenvalue weighted by Crippen LogP contribution is -2.32. The number of hydrogen-bond acceptors (Lipinski definition) is 6. The first-order valence-electron chi connectivity index (χ1n) is 7.97. The summed E-state index contributed by atoms with van der Waals surface area (Å²) in [4.78, 5) is 27.4. The lowest BCUT2D eigenvalue weighted by atomic mass is 9.88. The second-order valence-electron chi connectivity index (χ2n) is 5.86. The van der Waals surface area contributed by atoms with Crippen LogP contribution in [0.1, 0.15) is 18.0 Å². The Morgan fingerprint density at radius 3 is 2.92 bits per heavy atom. The Bertz CT molecular complexity index is 793. The molecule has 2 aliphatic rings. The van der Waals surface area contributed by atoms with Crippen LogP contribution >= 0.6 is 0 Å². The molecular weight excluding hydrogens is 345 g/mol. The summed E-state index contributed by atoms with van der Waals surface area (Å²) in [6.45, 7) is 0.0171. The van der Waals surface area contributed by atoms with Crippen LogP contribution in [0.15, 0.2) is 35.7 Å². The molecule has 0 spiro atoms. The van der Waals surface area contributed by atoms with Crippen molar-refractivity contribution in [1.29, 1.82) is 0 Å². The lowest BCUT2D eigenvalue weighted by molar-refractivity contribution is -0.119. The van der Waals surface area contributed by atoms with E-state index in [1.54, 1.807) is 12.1 Å². The molecule has 26 heavy (non-hydrogen) atoms. The predicted octanol–water partition coefficient (Wildman–Crippen LogP) is 1.96. The number of nitrogens with zero attached hydrogens (tertiary/aromatic N) is 1. The number of allylic oxidation sites excluding steroid dienone is 3. The third kappa shape index (κ3) is 3.76. The van der Waals surface area contributed by atoms with Crippen LogP contribution in [0.3, 0.4) is 0 Å². The number of Topliss-reactive ketones (excluding diaryl/α,β-unsaturated/α-hetero) is 1. The van der Waals surface area contributed by atoms with Gasteiger partial charge in [-0.25, -0.2) is 14.2 Å². The van der Waals surface area contributed by atoms with Gasteiger partial charge in [0.2, 0.25) is 5.88 Å². The minimum atomic E-state index is -1.28. The SMILES string of the molecule is COc1ccc2c(n1)C(CC(=O)C1=CC=C(NC(=O)O)CO1)[C@@H](F)CN2. The van der Waals surface area contributed by atoms with Gasteiger partial charge in [0.05, 0.1) is 24.2 Å². The van der Waals surface area contributed by atoms with Crippen molar-refractivity contribution < 1.29 is 28.6 Å². The number of carbonyl (C=O) groups is 2. The number of carboxylic acid groups (broad SMARTS) is 1. The molecule has 9 heteroatoms. The zero-order valence-corrected chi connectivity index (χ0v) is 14.0. The van der Waals surface area contributed by atoms with Crippen LogP contribution in [0.4, 0.5) is 14.9 Å². The van der Waals surface area contributed by atoms with Crippen LogP contribution in [0, 0.1) is 0 Å². The van der Waals surface area contributed by atoms with Crippen LogP contribution in [0.5, 0.6) is 5.88 Å². The number of pyridine rings is 1. The van der Waals surface area contributed by atoms with E-state index >= 15 is 0 Å². The van der Waals surface area contributed by atoms with Crippen molar-refractivity contribution in [3.63, 3.8) is 0 Å². The molecular formula is C17H18FN3O5. The normalized spacial score (nSPS) is 21.3. The fourth-order valence-electron chi connectivity index (χ4n) is 2.86. The topological polar surface area (TPSA) is 110 Å². The molecule has 2 atom stereocenters. The van der Waals surface area contributed by atoms with Gasteiger partial charge < -0.3 is 19.9 Å². The van der Waals surface area contributed by atoms with E-state index < -0.39 is 18.2 Å². The summed E-state index contributed by atoms with van der Waals surface area (Å²) in [5.74, 6) is -0.685. The number of ketones is 1. The first kappa shape index (κ1) is 17.7. The number of ether oxygens (including phenoxy) is 2. The monoisotopic (exact) mass is 363 g/mol. The van der Waals surface area contributed by atoms with E-state index in [0.29, 0.717) is 23.0 Å². The molecule has 1 amide bonds. The van der Waals surface area contributed by atoms with Crippen molar-refractivity contribution in [3.8, 4) is 5.88 Å². The number of amides is 1. The zero-order valence-electron chi connectivity index (χ0n) is 14.0. The van der Waals surface area contributed by atoms with Crippen LogP contribution in [-0.2, 0) is 9.53 Å². The summed E-state index contributed by atoms with van der Waals surface area (Å²) in [6.07, 6.45) is 0.225. The third-order valence-electron chi connectivity index (χ3n) is 4.15. The Hall–Kier alpha value is -3.10. The third-order valence-corrected chi connectivity index (χ3v) is 4.15. The number of anilines is 1. The quantitative estimate of drug-likeness (QED) is 0.733. The first-order chi connectivity index (χ1) is 12.5. The molecule has 0 fully saturated rings. The number of aromatic nitrogens is 1. The molecule has 0 saturated heterocycles. The highest BCUT2D eigenvalue weighted by Gasteiger charge is 2.34. The highest BCUT2D eigenvalue weighted by Crippen LogP contribution is 2.36. The van der Waals surface area contributed by atoms with Gasteiger partial charge in [-0.3, -0.25) is 10.1 Å². The minimum Gasteiger partial charge on any atom is -0.484 e. The van der Waals surface area contributed by atoms with E-state index in [9.17, 15) is 14.0 Å². The molecule has 1 aromatic rings. The van der Waals surface area contributed by atoms with Gasteiger partial charge in [0, 0.05) is 24.9 Å². The van der Waals surface area contributed by atoms with Crippen molar-refractivity contribution in [3.05, 3.63) is 41.4 Å². The van der Waals surface area contributed by atoms with Crippen molar-refractivity contribution in [2.24, 2.45) is 0 Å². The van der Waals surface area contributed by atoms with Gasteiger partial charge in [0.1, 0.15) is 12.8 Å². The number of rotatable bonds is 5. The summed E-state index contributed by atoms with van der Waals surface area (Å²) < 4.78 is 24.8. The fraction of sp³-hybridized carbons (Fsp3) is 0.353. The van der Waals surface area contributed by atoms with Gasteiger partial charge in [0.15, 0.2) is 11.5 Å². The molecule has 0 saturated carbocycles. The van der Waals surface area contributed by atoms with Gasteiger partial charge in [0.25, 0.3) is 0 Å². The zero-order chi connectivity index (χ0) is 18.7. The van der Waals surface area contributed by atoms with E-state index in [4.69, 9.17) is 14.6 Å². The smallest absolute Gasteiger partial charge is 0.409 e. The molecule has 2 aliphatic heterocycles. The first-order valence-corrected chi connectivity index (χ1v) is 7.97. The maximum atomic E-state index is 14.5. The Morgan fingerprint density at radius 1 is 1.46 bits per heavy atom. The number of nitrogens with one attached hydrogen (secondary N) is 2. The lowest BCUT2D eigenvalue weighted by Gasteiger charge is -2.29. The van der Waals surface area contributed by atoms with E-state index in [0.717, 1.165) is 0 Å². The number of fused-ring (bicyclic) bond motifs is 1. The van der Waals surface area contributed by atoms with E-state index in [2.05, 4.69) is 15.6 Å². The summed E-state index contributed by atoms with van der Waals surface area (Å²) in [5, 5.41) is 13.8. The molecule has 0 aliphatic carbocycles. The summed E-state index contributed by atoms with van der Waals surface area (Å²) >= 11 is 0. The minimum absolute atomic E-state index is 0.0658. The molecule has 0 bridgehead atoms. The molecule has 8 nitrogen and oxygen atoms in total. The average molecular weight is 363 g/mol. The molecule has 1 unspecified atom stereocenters. The average Bonchev–Trinajstić information content (AvgIpc) is 2.63. The van der Waals surface area contributed by atoms with E-state index in [1.807, 2.05) is 0 Å². The second kappa shape index (κ2) is 7.42. The number of halogens is 1. The number of hydrogen-bond donors (Lipinski definition) is 3. The maximum Gasteiger partial charge on any atom is 0.409 e. The van der Waals surface area contributed by atoms with Crippen LogP contribution in [0.25, 0.3) is 0 Å². The standard InChI is InChI=1S/C17H18FN3O5/c1-25-15-5-3-12-16(21-15)10(11(18)7-19-12)6-13(22)14-4-2-9(8-26-14)20-17(23)24/h2-5,10-11,19-20H,6-8H2,1H3,(H,23,24)/t10?,11-/m0/s1. The molecule has 3 heterocycles. The Labute approximate surface area is 148 Å². The number of alkyl halides is 1. The molecule has 0 radical (unpaired) electrons. The fourth-order valence-corrected chi connectivity index (χ4v) is 2.86.